The van der Waals surface area contributed by atoms with Crippen LogP contribution in [-0.4, -0.2) is 5.49 Å². The molecule has 0 unspecified atom stereocenters. The van der Waals surface area contributed by atoms with Gasteiger partial charge in [0, 0.05) is 11.8 Å². The lowest BCUT2D eigenvalue weighted by molar-refractivity contribution is 0.306. The van der Waals surface area contributed by atoms with Crippen LogP contribution in [0.3, 0.4) is 0 Å². The second-order valence-corrected chi connectivity index (χ2v) is 5.29. The topological polar surface area (TPSA) is 12.5 Å². The Morgan fingerprint density at radius 2 is 1.43 bits per heavy atom. The first-order valence-electron chi connectivity index (χ1n) is 7.43. The van der Waals surface area contributed by atoms with Gasteiger partial charge in [-0.3, -0.25) is 0 Å². The number of nitrogens with zero attached hydrogens (tertiary/aromatic N) is 1. The molecule has 0 bridgehead atoms. The molecule has 0 aliphatic carbocycles. The lowest BCUT2D eigenvalue weighted by Crippen LogP contribution is -2.12. The summed E-state index contributed by atoms with van der Waals surface area (Å²) in [5.74, 6) is 0.823. The molecule has 0 atom stereocenters. The van der Waals surface area contributed by atoms with E-state index in [1.165, 1.54) is 0 Å². The van der Waals surface area contributed by atoms with Gasteiger partial charge in [0.2, 0.25) is 0 Å². The van der Waals surface area contributed by atoms with Gasteiger partial charge in [-0.1, -0.05) is 66.8 Å². The third kappa shape index (κ3) is 3.96. The Morgan fingerprint density at radius 1 is 0.783 bits per heavy atom. The van der Waals surface area contributed by atoms with Crippen LogP contribution >= 0.6 is 12.2 Å². The SMILES string of the molecule is S=CN(c1ccccc1)c1cccc(OCc2ccccc2)c1. The van der Waals surface area contributed by atoms with Crippen molar-refractivity contribution < 1.29 is 4.74 Å². The maximum absolute atomic E-state index is 5.89. The highest BCUT2D eigenvalue weighted by atomic mass is 32.1. The molecule has 0 N–H and O–H groups in total. The van der Waals surface area contributed by atoms with Crippen LogP contribution in [0.15, 0.2) is 84.9 Å². The van der Waals surface area contributed by atoms with Crippen LogP contribution in [0.25, 0.3) is 0 Å². The minimum Gasteiger partial charge on any atom is -0.489 e. The van der Waals surface area contributed by atoms with Crippen molar-refractivity contribution in [3.8, 4) is 5.75 Å². The Morgan fingerprint density at radius 3 is 2.13 bits per heavy atom. The molecule has 0 saturated heterocycles. The van der Waals surface area contributed by atoms with Crippen LogP contribution in [0.1, 0.15) is 5.56 Å². The molecule has 114 valence electrons. The van der Waals surface area contributed by atoms with E-state index >= 15 is 0 Å². The molecule has 0 aliphatic rings. The van der Waals surface area contributed by atoms with Crippen LogP contribution in [0.2, 0.25) is 0 Å². The van der Waals surface area contributed by atoms with Crippen molar-refractivity contribution in [2.45, 2.75) is 6.61 Å². The number of ether oxygens (including phenoxy) is 1. The molecule has 3 rings (SSSR count). The van der Waals surface area contributed by atoms with Crippen LogP contribution in [0, 0.1) is 0 Å². The minimum absolute atomic E-state index is 0.549. The average Bonchev–Trinajstić information content (AvgIpc) is 2.63. The van der Waals surface area contributed by atoms with Crippen molar-refractivity contribution >= 4 is 29.1 Å². The number of anilines is 2. The number of benzene rings is 3. The molecule has 0 amide bonds. The van der Waals surface area contributed by atoms with Gasteiger partial charge < -0.3 is 9.64 Å². The first kappa shape index (κ1) is 15.3. The Labute approximate surface area is 142 Å². The van der Waals surface area contributed by atoms with E-state index in [4.69, 9.17) is 17.0 Å². The summed E-state index contributed by atoms with van der Waals surface area (Å²) in [5.41, 5.74) is 4.80. The molecular formula is C20H17NOS. The van der Waals surface area contributed by atoms with Crippen LogP contribution in [-0.2, 0) is 6.61 Å². The van der Waals surface area contributed by atoms with Gasteiger partial charge >= 0.3 is 0 Å². The molecule has 23 heavy (non-hydrogen) atoms. The van der Waals surface area contributed by atoms with E-state index in [9.17, 15) is 0 Å². The van der Waals surface area contributed by atoms with Crippen molar-refractivity contribution in [2.75, 3.05) is 4.90 Å². The van der Waals surface area contributed by atoms with Gasteiger partial charge in [0.1, 0.15) is 12.4 Å². The normalized spacial score (nSPS) is 10.1. The summed E-state index contributed by atoms with van der Waals surface area (Å²) < 4.78 is 5.89. The van der Waals surface area contributed by atoms with Crippen LogP contribution in [0.5, 0.6) is 5.75 Å². The molecule has 3 aromatic rings. The Hall–Kier alpha value is -2.65. The summed E-state index contributed by atoms with van der Waals surface area (Å²) in [6, 6.07) is 28.1. The standard InChI is InChI=1S/C20H17NOS/c23-16-21(18-10-5-2-6-11-18)19-12-7-13-20(14-19)22-15-17-8-3-1-4-9-17/h1-14,16H,15H2. The molecule has 0 saturated carbocycles. The molecule has 0 spiro atoms. The van der Waals surface area contributed by atoms with Gasteiger partial charge in [0.05, 0.1) is 11.2 Å². The highest BCUT2D eigenvalue weighted by Crippen LogP contribution is 2.27. The monoisotopic (exact) mass is 319 g/mol. The van der Waals surface area contributed by atoms with Gasteiger partial charge in [-0.25, -0.2) is 0 Å². The Kier molecular flexibility index (Phi) is 5.02. The lowest BCUT2D eigenvalue weighted by Gasteiger charge is -2.20. The Bertz CT molecular complexity index is 759. The van der Waals surface area contributed by atoms with Gasteiger partial charge in [-0.05, 0) is 29.8 Å². The van der Waals surface area contributed by atoms with E-state index in [1.807, 2.05) is 77.7 Å². The maximum Gasteiger partial charge on any atom is 0.121 e. The molecular weight excluding hydrogens is 302 g/mol. The maximum atomic E-state index is 5.89. The number of para-hydroxylation sites is 1. The highest BCUT2D eigenvalue weighted by Gasteiger charge is 2.07. The van der Waals surface area contributed by atoms with E-state index in [1.54, 1.807) is 5.49 Å². The minimum atomic E-state index is 0.549. The van der Waals surface area contributed by atoms with Gasteiger partial charge in [0.25, 0.3) is 0 Å². The zero-order chi connectivity index (χ0) is 15.9. The number of rotatable bonds is 6. The summed E-state index contributed by atoms with van der Waals surface area (Å²) in [5, 5.41) is 0. The molecule has 2 nitrogen and oxygen atoms in total. The van der Waals surface area contributed by atoms with Gasteiger partial charge in [-0.15, -0.1) is 0 Å². The number of thiocarbonyl (C=S) groups is 1. The van der Waals surface area contributed by atoms with Crippen LogP contribution in [0.4, 0.5) is 11.4 Å². The first-order chi connectivity index (χ1) is 11.4. The van der Waals surface area contributed by atoms with E-state index in [0.29, 0.717) is 6.61 Å². The van der Waals surface area contributed by atoms with Crippen LogP contribution < -0.4 is 9.64 Å². The van der Waals surface area contributed by atoms with E-state index in [-0.39, 0.29) is 0 Å². The highest BCUT2D eigenvalue weighted by molar-refractivity contribution is 7.79. The van der Waals surface area contributed by atoms with Gasteiger partial charge in [0.15, 0.2) is 0 Å². The summed E-state index contributed by atoms with van der Waals surface area (Å²) in [6.07, 6.45) is 0. The fraction of sp³-hybridized carbons (Fsp3) is 0.0500. The zero-order valence-corrected chi connectivity index (χ0v) is 13.4. The smallest absolute Gasteiger partial charge is 0.121 e. The second-order valence-electron chi connectivity index (χ2n) is 5.08. The van der Waals surface area contributed by atoms with Crippen molar-refractivity contribution in [2.24, 2.45) is 0 Å². The lowest BCUT2D eigenvalue weighted by atomic mass is 10.2. The second kappa shape index (κ2) is 7.56. The van der Waals surface area contributed by atoms with Crippen molar-refractivity contribution in [3.63, 3.8) is 0 Å². The van der Waals surface area contributed by atoms with Gasteiger partial charge in [-0.2, -0.15) is 0 Å². The quantitative estimate of drug-likeness (QED) is 0.567. The summed E-state index contributed by atoms with van der Waals surface area (Å²) in [7, 11) is 0. The summed E-state index contributed by atoms with van der Waals surface area (Å²) >= 11 is 5.18. The Balaban J connectivity index is 1.77. The van der Waals surface area contributed by atoms with Crippen molar-refractivity contribution in [1.29, 1.82) is 0 Å². The molecule has 0 aliphatic heterocycles. The molecule has 0 fully saturated rings. The average molecular weight is 319 g/mol. The predicted molar refractivity (Wildman–Crippen MR) is 99.5 cm³/mol. The molecule has 0 aromatic heterocycles. The third-order valence-corrected chi connectivity index (χ3v) is 3.69. The number of hydrogen-bond donors (Lipinski definition) is 0. The van der Waals surface area contributed by atoms with Crippen molar-refractivity contribution in [3.05, 3.63) is 90.5 Å². The summed E-state index contributed by atoms with van der Waals surface area (Å²) in [4.78, 5) is 1.96. The summed E-state index contributed by atoms with van der Waals surface area (Å²) in [6.45, 7) is 0.549. The van der Waals surface area contributed by atoms with E-state index < -0.39 is 0 Å². The molecule has 0 radical (unpaired) electrons. The predicted octanol–water partition coefficient (Wildman–Crippen LogP) is 5.36. The van der Waals surface area contributed by atoms with E-state index in [0.717, 1.165) is 22.7 Å². The molecule has 3 heteroatoms. The molecule has 3 aromatic carbocycles. The third-order valence-electron chi connectivity index (χ3n) is 3.48. The molecule has 0 heterocycles. The first-order valence-corrected chi connectivity index (χ1v) is 7.90. The van der Waals surface area contributed by atoms with Crippen molar-refractivity contribution in [1.82, 2.24) is 0 Å². The zero-order valence-electron chi connectivity index (χ0n) is 12.6. The fourth-order valence-electron chi connectivity index (χ4n) is 2.32. The van der Waals surface area contributed by atoms with E-state index in [2.05, 4.69) is 12.1 Å². The number of hydrogen-bond acceptors (Lipinski definition) is 2. The fourth-order valence-corrected chi connectivity index (χ4v) is 2.57. The largest absolute Gasteiger partial charge is 0.489 e.